The van der Waals surface area contributed by atoms with Gasteiger partial charge in [-0.15, -0.1) is 0 Å². The molecule has 156 valence electrons. The summed E-state index contributed by atoms with van der Waals surface area (Å²) in [5, 5.41) is 3.15. The van der Waals surface area contributed by atoms with Crippen molar-refractivity contribution < 1.29 is 4.79 Å². The number of aryl methyl sites for hydroxylation is 2. The Morgan fingerprint density at radius 1 is 1.06 bits per heavy atom. The van der Waals surface area contributed by atoms with E-state index in [0.717, 1.165) is 16.8 Å². The Morgan fingerprint density at radius 2 is 1.81 bits per heavy atom. The van der Waals surface area contributed by atoms with Crippen molar-refractivity contribution in [2.75, 3.05) is 5.32 Å². The number of aromatic nitrogens is 4. The van der Waals surface area contributed by atoms with Gasteiger partial charge in [0.1, 0.15) is 0 Å². The highest BCUT2D eigenvalue weighted by atomic mass is 32.2. The van der Waals surface area contributed by atoms with Crippen LogP contribution >= 0.6 is 11.8 Å². The molecule has 0 saturated carbocycles. The summed E-state index contributed by atoms with van der Waals surface area (Å²) in [6.07, 6.45) is 3.12. The summed E-state index contributed by atoms with van der Waals surface area (Å²) in [6, 6.07) is 14.8. The van der Waals surface area contributed by atoms with Gasteiger partial charge in [0.05, 0.1) is 21.8 Å². The average molecular weight is 432 g/mol. The second kappa shape index (κ2) is 8.69. The second-order valence-electron chi connectivity index (χ2n) is 7.16. The summed E-state index contributed by atoms with van der Waals surface area (Å²) >= 11 is 1.22. The molecule has 0 saturated heterocycles. The smallest absolute Gasteiger partial charge is 0.266 e. The molecular formula is C23H21N5O2S. The van der Waals surface area contributed by atoms with Gasteiger partial charge in [-0.1, -0.05) is 36.0 Å². The van der Waals surface area contributed by atoms with Crippen molar-refractivity contribution in [3.8, 4) is 5.69 Å². The Balaban J connectivity index is 1.78. The highest BCUT2D eigenvalue weighted by molar-refractivity contribution is 8.00. The van der Waals surface area contributed by atoms with Gasteiger partial charge in [0.2, 0.25) is 11.9 Å². The molecule has 1 unspecified atom stereocenters. The molecule has 0 aliphatic carbocycles. The number of thioether (sulfide) groups is 1. The number of benzene rings is 2. The van der Waals surface area contributed by atoms with Crippen molar-refractivity contribution in [3.05, 3.63) is 82.4 Å². The van der Waals surface area contributed by atoms with E-state index in [1.54, 1.807) is 42.1 Å². The van der Waals surface area contributed by atoms with Gasteiger partial charge in [-0.25, -0.2) is 15.0 Å². The van der Waals surface area contributed by atoms with Crippen molar-refractivity contribution in [2.24, 2.45) is 0 Å². The number of anilines is 1. The van der Waals surface area contributed by atoms with Crippen molar-refractivity contribution in [1.29, 1.82) is 0 Å². The fourth-order valence-electron chi connectivity index (χ4n) is 3.15. The van der Waals surface area contributed by atoms with E-state index in [1.807, 2.05) is 44.2 Å². The topological polar surface area (TPSA) is 89.8 Å². The largest absolute Gasteiger partial charge is 0.294 e. The molecule has 4 rings (SSSR count). The van der Waals surface area contributed by atoms with Gasteiger partial charge in [0.25, 0.3) is 5.56 Å². The van der Waals surface area contributed by atoms with Gasteiger partial charge in [-0.3, -0.25) is 19.5 Å². The van der Waals surface area contributed by atoms with Crippen LogP contribution in [0.3, 0.4) is 0 Å². The lowest BCUT2D eigenvalue weighted by atomic mass is 10.1. The lowest BCUT2D eigenvalue weighted by Gasteiger charge is -2.18. The van der Waals surface area contributed by atoms with Crippen LogP contribution in [-0.2, 0) is 4.79 Å². The number of carbonyl (C=O) groups is 1. The Hall–Kier alpha value is -3.52. The predicted molar refractivity (Wildman–Crippen MR) is 123 cm³/mol. The lowest BCUT2D eigenvalue weighted by molar-refractivity contribution is -0.115. The maximum absolute atomic E-state index is 13.4. The van der Waals surface area contributed by atoms with Crippen LogP contribution < -0.4 is 10.9 Å². The van der Waals surface area contributed by atoms with Gasteiger partial charge in [-0.05, 0) is 56.2 Å². The van der Waals surface area contributed by atoms with E-state index in [9.17, 15) is 9.59 Å². The minimum atomic E-state index is -0.534. The summed E-state index contributed by atoms with van der Waals surface area (Å²) < 4.78 is 1.60. The third-order valence-electron chi connectivity index (χ3n) is 4.80. The molecule has 2 aromatic heterocycles. The predicted octanol–water partition coefficient (Wildman–Crippen LogP) is 3.91. The molecular weight excluding hydrogens is 410 g/mol. The first-order valence-corrected chi connectivity index (χ1v) is 10.7. The quantitative estimate of drug-likeness (QED) is 0.381. The van der Waals surface area contributed by atoms with Crippen LogP contribution in [0.5, 0.6) is 0 Å². The number of hydrogen-bond donors (Lipinski definition) is 1. The number of fused-ring (bicyclic) bond motifs is 1. The molecule has 1 atom stereocenters. The van der Waals surface area contributed by atoms with E-state index >= 15 is 0 Å². The third kappa shape index (κ3) is 4.34. The molecule has 7 nitrogen and oxygen atoms in total. The minimum absolute atomic E-state index is 0.166. The van der Waals surface area contributed by atoms with Crippen LogP contribution in [0.4, 0.5) is 5.95 Å². The van der Waals surface area contributed by atoms with Gasteiger partial charge in [0.15, 0.2) is 5.16 Å². The van der Waals surface area contributed by atoms with Crippen molar-refractivity contribution in [1.82, 2.24) is 19.5 Å². The van der Waals surface area contributed by atoms with E-state index in [4.69, 9.17) is 4.98 Å². The Morgan fingerprint density at radius 3 is 2.58 bits per heavy atom. The molecule has 4 aromatic rings. The molecule has 1 amide bonds. The van der Waals surface area contributed by atoms with Crippen LogP contribution in [0.15, 0.2) is 70.9 Å². The number of para-hydroxylation sites is 1. The minimum Gasteiger partial charge on any atom is -0.294 e. The average Bonchev–Trinajstić information content (AvgIpc) is 2.77. The molecule has 1 N–H and O–H groups in total. The molecule has 31 heavy (non-hydrogen) atoms. The zero-order valence-electron chi connectivity index (χ0n) is 17.4. The van der Waals surface area contributed by atoms with Gasteiger partial charge < -0.3 is 0 Å². The molecule has 2 aromatic carbocycles. The zero-order valence-corrected chi connectivity index (χ0v) is 18.2. The first-order valence-electron chi connectivity index (χ1n) is 9.78. The summed E-state index contributed by atoms with van der Waals surface area (Å²) in [7, 11) is 0. The number of rotatable bonds is 5. The molecule has 0 spiro atoms. The first kappa shape index (κ1) is 20.7. The van der Waals surface area contributed by atoms with Gasteiger partial charge in [0, 0.05) is 12.4 Å². The summed E-state index contributed by atoms with van der Waals surface area (Å²) in [5.41, 5.74) is 3.16. The standard InChI is InChI=1S/C23H21N5O2S/c1-14-9-10-15(2)19(13-14)28-21(30)17-7-4-5-8-18(17)26-23(28)31-16(3)20(29)27-22-24-11-6-12-25-22/h4-13,16H,1-3H3,(H,24,25,27,29). The molecule has 0 radical (unpaired) electrons. The van der Waals surface area contributed by atoms with E-state index in [-0.39, 0.29) is 17.4 Å². The van der Waals surface area contributed by atoms with Crippen LogP contribution in [0.2, 0.25) is 0 Å². The van der Waals surface area contributed by atoms with Crippen molar-refractivity contribution in [3.63, 3.8) is 0 Å². The first-order chi connectivity index (χ1) is 14.9. The highest BCUT2D eigenvalue weighted by Gasteiger charge is 2.21. The summed E-state index contributed by atoms with van der Waals surface area (Å²) in [5.74, 6) is -0.0375. The molecule has 0 aliphatic heterocycles. The van der Waals surface area contributed by atoms with Crippen LogP contribution in [0.25, 0.3) is 16.6 Å². The molecule has 2 heterocycles. The van der Waals surface area contributed by atoms with E-state index < -0.39 is 5.25 Å². The number of hydrogen-bond acceptors (Lipinski definition) is 6. The van der Waals surface area contributed by atoms with Crippen molar-refractivity contribution in [2.45, 2.75) is 31.2 Å². The zero-order chi connectivity index (χ0) is 22.0. The van der Waals surface area contributed by atoms with Crippen molar-refractivity contribution >= 4 is 34.5 Å². The number of amides is 1. The maximum atomic E-state index is 13.4. The van der Waals surface area contributed by atoms with Crippen LogP contribution in [-0.4, -0.2) is 30.7 Å². The maximum Gasteiger partial charge on any atom is 0.266 e. The van der Waals surface area contributed by atoms with E-state index in [1.165, 1.54) is 11.8 Å². The molecule has 0 bridgehead atoms. The SMILES string of the molecule is Cc1ccc(C)c(-n2c(SC(C)C(=O)Nc3ncccn3)nc3ccccc3c2=O)c1. The summed E-state index contributed by atoms with van der Waals surface area (Å²) in [4.78, 5) is 38.9. The van der Waals surface area contributed by atoms with Crippen LogP contribution in [0, 0.1) is 13.8 Å². The number of nitrogens with one attached hydrogen (secondary N) is 1. The molecule has 0 aliphatic rings. The Labute approximate surface area is 183 Å². The molecule has 8 heteroatoms. The summed E-state index contributed by atoms with van der Waals surface area (Å²) in [6.45, 7) is 5.69. The Bertz CT molecular complexity index is 1320. The number of nitrogens with zero attached hydrogens (tertiary/aromatic N) is 4. The fraction of sp³-hybridized carbons (Fsp3) is 0.174. The monoisotopic (exact) mass is 431 g/mol. The second-order valence-corrected chi connectivity index (χ2v) is 8.47. The Kier molecular flexibility index (Phi) is 5.81. The normalized spacial score (nSPS) is 12.0. The fourth-order valence-corrected chi connectivity index (χ4v) is 4.07. The molecule has 0 fully saturated rings. The third-order valence-corrected chi connectivity index (χ3v) is 5.85. The van der Waals surface area contributed by atoms with Gasteiger partial charge >= 0.3 is 0 Å². The lowest BCUT2D eigenvalue weighted by Crippen LogP contribution is -2.27. The van der Waals surface area contributed by atoms with Gasteiger partial charge in [-0.2, -0.15) is 0 Å². The van der Waals surface area contributed by atoms with E-state index in [2.05, 4.69) is 15.3 Å². The number of carbonyl (C=O) groups excluding carboxylic acids is 1. The van der Waals surface area contributed by atoms with E-state index in [0.29, 0.717) is 16.1 Å². The van der Waals surface area contributed by atoms with Crippen LogP contribution in [0.1, 0.15) is 18.1 Å². The highest BCUT2D eigenvalue weighted by Crippen LogP contribution is 2.27.